The minimum atomic E-state index is -0.354. The topological polar surface area (TPSA) is 67.7 Å². The number of piperazine rings is 1. The number of hydrogen-bond acceptors (Lipinski definition) is 5. The Labute approximate surface area is 210 Å². The lowest BCUT2D eigenvalue weighted by atomic mass is 9.96. The molecule has 0 aliphatic carbocycles. The van der Waals surface area contributed by atoms with Gasteiger partial charge in [-0.3, -0.25) is 14.5 Å². The van der Waals surface area contributed by atoms with Crippen LogP contribution in [0.3, 0.4) is 0 Å². The van der Waals surface area contributed by atoms with E-state index < -0.39 is 0 Å². The van der Waals surface area contributed by atoms with E-state index in [9.17, 15) is 9.59 Å². The molecule has 1 saturated heterocycles. The van der Waals surface area contributed by atoms with E-state index in [1.165, 1.54) is 29.0 Å². The van der Waals surface area contributed by atoms with E-state index in [1.54, 1.807) is 17.0 Å². The van der Waals surface area contributed by atoms with Crippen LogP contribution in [0, 0.1) is 0 Å². The normalized spacial score (nSPS) is 14.1. The molecule has 0 bridgehead atoms. The van der Waals surface area contributed by atoms with E-state index in [0.29, 0.717) is 31.9 Å². The summed E-state index contributed by atoms with van der Waals surface area (Å²) >= 11 is 0. The molecule has 4 aromatic rings. The third-order valence-electron chi connectivity index (χ3n) is 6.52. The van der Waals surface area contributed by atoms with Crippen LogP contribution in [-0.4, -0.2) is 58.8 Å². The van der Waals surface area contributed by atoms with Gasteiger partial charge in [0.25, 0.3) is 11.5 Å². The molecule has 1 amide bonds. The van der Waals surface area contributed by atoms with Crippen molar-refractivity contribution in [2.75, 3.05) is 33.3 Å². The predicted octanol–water partition coefficient (Wildman–Crippen LogP) is 3.79. The Kier molecular flexibility index (Phi) is 6.91. The Balaban J connectivity index is 1.38. The van der Waals surface area contributed by atoms with Crippen molar-refractivity contribution >= 4 is 5.91 Å². The lowest BCUT2D eigenvalue weighted by Crippen LogP contribution is -2.50. The molecule has 1 aliphatic heterocycles. The summed E-state index contributed by atoms with van der Waals surface area (Å²) in [6.45, 7) is 2.51. The van der Waals surface area contributed by atoms with Gasteiger partial charge < -0.3 is 9.64 Å². The van der Waals surface area contributed by atoms with Crippen LogP contribution in [0.2, 0.25) is 0 Å². The van der Waals surface area contributed by atoms with Crippen LogP contribution in [0.1, 0.15) is 27.7 Å². The van der Waals surface area contributed by atoms with Crippen molar-refractivity contribution in [2.24, 2.45) is 0 Å². The molecule has 5 rings (SSSR count). The molecule has 36 heavy (non-hydrogen) atoms. The van der Waals surface area contributed by atoms with Gasteiger partial charge in [0.2, 0.25) is 0 Å². The molecule has 0 atom stereocenters. The smallest absolute Gasteiger partial charge is 0.278 e. The lowest BCUT2D eigenvalue weighted by Gasteiger charge is -2.39. The summed E-state index contributed by atoms with van der Waals surface area (Å²) in [5, 5.41) is 4.41. The van der Waals surface area contributed by atoms with Crippen molar-refractivity contribution in [3.8, 4) is 11.4 Å². The predicted molar refractivity (Wildman–Crippen MR) is 139 cm³/mol. The Bertz CT molecular complexity index is 1330. The maximum Gasteiger partial charge on any atom is 0.278 e. The molecule has 0 radical (unpaired) electrons. The molecule has 1 aromatic heterocycles. The number of methoxy groups -OCH3 is 1. The molecule has 7 nitrogen and oxygen atoms in total. The maximum absolute atomic E-state index is 13.5. The Morgan fingerprint density at radius 3 is 1.86 bits per heavy atom. The van der Waals surface area contributed by atoms with E-state index in [4.69, 9.17) is 4.74 Å². The number of nitrogens with zero attached hydrogens (tertiary/aromatic N) is 4. The van der Waals surface area contributed by atoms with Gasteiger partial charge in [0.05, 0.1) is 24.9 Å². The van der Waals surface area contributed by atoms with Crippen LogP contribution in [-0.2, 0) is 0 Å². The standard InChI is InChI=1S/C29H28N4O3/c1-36-25-21-26(34)33(24-15-9-4-10-16-24)30-27(25)29(35)32-19-17-31(18-20-32)28(22-11-5-2-6-12-22)23-13-7-3-8-14-23/h2-16,21,28H,17-20H2,1H3. The molecule has 7 heteroatoms. The molecule has 2 heterocycles. The molecular weight excluding hydrogens is 452 g/mol. The molecule has 0 N–H and O–H groups in total. The summed E-state index contributed by atoms with van der Waals surface area (Å²) in [5.41, 5.74) is 2.83. The van der Waals surface area contributed by atoms with Gasteiger partial charge in [-0.25, -0.2) is 0 Å². The second-order valence-corrected chi connectivity index (χ2v) is 8.70. The Morgan fingerprint density at radius 2 is 1.33 bits per heavy atom. The molecule has 3 aromatic carbocycles. The van der Waals surface area contributed by atoms with Gasteiger partial charge in [0.15, 0.2) is 11.4 Å². The maximum atomic E-state index is 13.5. The highest BCUT2D eigenvalue weighted by Crippen LogP contribution is 2.30. The number of ether oxygens (including phenoxy) is 1. The number of aromatic nitrogens is 2. The average Bonchev–Trinajstić information content (AvgIpc) is 2.94. The van der Waals surface area contributed by atoms with E-state index in [0.717, 1.165) is 0 Å². The quantitative estimate of drug-likeness (QED) is 0.420. The first-order valence-electron chi connectivity index (χ1n) is 12.0. The van der Waals surface area contributed by atoms with Gasteiger partial charge in [-0.15, -0.1) is 0 Å². The highest BCUT2D eigenvalue weighted by atomic mass is 16.5. The summed E-state index contributed by atoms with van der Waals surface area (Å²) in [6.07, 6.45) is 0. The highest BCUT2D eigenvalue weighted by Gasteiger charge is 2.30. The van der Waals surface area contributed by atoms with Crippen LogP contribution in [0.25, 0.3) is 5.69 Å². The number of para-hydroxylation sites is 1. The fraction of sp³-hybridized carbons (Fsp3) is 0.207. The Morgan fingerprint density at radius 1 is 0.806 bits per heavy atom. The van der Waals surface area contributed by atoms with Gasteiger partial charge in [0.1, 0.15) is 0 Å². The largest absolute Gasteiger partial charge is 0.494 e. The zero-order valence-corrected chi connectivity index (χ0v) is 20.2. The number of hydrogen-bond donors (Lipinski definition) is 0. The van der Waals surface area contributed by atoms with Gasteiger partial charge in [-0.1, -0.05) is 78.9 Å². The number of carbonyl (C=O) groups is 1. The summed E-state index contributed by atoms with van der Waals surface area (Å²) in [4.78, 5) is 30.4. The summed E-state index contributed by atoms with van der Waals surface area (Å²) in [7, 11) is 1.45. The zero-order chi connectivity index (χ0) is 24.9. The van der Waals surface area contributed by atoms with E-state index >= 15 is 0 Å². The van der Waals surface area contributed by atoms with Crippen molar-refractivity contribution in [3.05, 3.63) is 124 Å². The fourth-order valence-corrected chi connectivity index (χ4v) is 4.72. The third kappa shape index (κ3) is 4.78. The van der Waals surface area contributed by atoms with Crippen LogP contribution in [0.15, 0.2) is 102 Å². The number of benzene rings is 3. The van der Waals surface area contributed by atoms with Gasteiger partial charge in [-0.2, -0.15) is 9.78 Å². The van der Waals surface area contributed by atoms with Crippen LogP contribution < -0.4 is 10.3 Å². The van der Waals surface area contributed by atoms with Gasteiger partial charge in [0, 0.05) is 26.2 Å². The third-order valence-corrected chi connectivity index (χ3v) is 6.52. The molecule has 0 saturated carbocycles. The first-order valence-corrected chi connectivity index (χ1v) is 12.0. The zero-order valence-electron chi connectivity index (χ0n) is 20.2. The van der Waals surface area contributed by atoms with Gasteiger partial charge in [-0.05, 0) is 23.3 Å². The van der Waals surface area contributed by atoms with E-state index in [-0.39, 0.29) is 29.0 Å². The first-order chi connectivity index (χ1) is 17.7. The molecule has 0 unspecified atom stereocenters. The fourth-order valence-electron chi connectivity index (χ4n) is 4.72. The first kappa shape index (κ1) is 23.5. The minimum absolute atomic E-state index is 0.109. The average molecular weight is 481 g/mol. The van der Waals surface area contributed by atoms with E-state index in [2.05, 4.69) is 58.5 Å². The van der Waals surface area contributed by atoms with Crippen molar-refractivity contribution < 1.29 is 9.53 Å². The number of carbonyl (C=O) groups excluding carboxylic acids is 1. The monoisotopic (exact) mass is 480 g/mol. The summed E-state index contributed by atoms with van der Waals surface area (Å²) < 4.78 is 6.61. The van der Waals surface area contributed by atoms with Gasteiger partial charge >= 0.3 is 0 Å². The number of rotatable bonds is 6. The van der Waals surface area contributed by atoms with Crippen LogP contribution in [0.4, 0.5) is 0 Å². The SMILES string of the molecule is COc1cc(=O)n(-c2ccccc2)nc1C(=O)N1CCN(C(c2ccccc2)c2ccccc2)CC1. The molecule has 1 fully saturated rings. The lowest BCUT2D eigenvalue weighted by molar-refractivity contribution is 0.0586. The summed E-state index contributed by atoms with van der Waals surface area (Å²) in [5.74, 6) is -0.0572. The van der Waals surface area contributed by atoms with Crippen molar-refractivity contribution in [1.82, 2.24) is 19.6 Å². The second kappa shape index (κ2) is 10.6. The molecule has 182 valence electrons. The number of amides is 1. The minimum Gasteiger partial charge on any atom is -0.494 e. The van der Waals surface area contributed by atoms with E-state index in [1.807, 2.05) is 30.3 Å². The molecule has 0 spiro atoms. The highest BCUT2D eigenvalue weighted by molar-refractivity contribution is 5.94. The molecule has 1 aliphatic rings. The Hall–Kier alpha value is -4.23. The van der Waals surface area contributed by atoms with Crippen molar-refractivity contribution in [1.29, 1.82) is 0 Å². The van der Waals surface area contributed by atoms with Crippen LogP contribution in [0.5, 0.6) is 5.75 Å². The summed E-state index contributed by atoms with van der Waals surface area (Å²) in [6, 6.07) is 31.4. The molecular formula is C29H28N4O3. The van der Waals surface area contributed by atoms with Crippen molar-refractivity contribution in [2.45, 2.75) is 6.04 Å². The van der Waals surface area contributed by atoms with Crippen molar-refractivity contribution in [3.63, 3.8) is 0 Å². The van der Waals surface area contributed by atoms with Crippen LogP contribution >= 0.6 is 0 Å². The second-order valence-electron chi connectivity index (χ2n) is 8.70.